The maximum absolute atomic E-state index is 13.5. The van der Waals surface area contributed by atoms with Crippen LogP contribution in [0.4, 0.5) is 4.39 Å². The van der Waals surface area contributed by atoms with Crippen molar-refractivity contribution in [1.82, 2.24) is 0 Å². The summed E-state index contributed by atoms with van der Waals surface area (Å²) in [5.74, 6) is 0.0240. The van der Waals surface area contributed by atoms with E-state index in [1.54, 1.807) is 30.5 Å². The molecule has 0 aliphatic carbocycles. The predicted molar refractivity (Wildman–Crippen MR) is 107 cm³/mol. The van der Waals surface area contributed by atoms with Gasteiger partial charge in [-0.1, -0.05) is 31.2 Å². The van der Waals surface area contributed by atoms with Gasteiger partial charge in [0, 0.05) is 30.3 Å². The van der Waals surface area contributed by atoms with Gasteiger partial charge in [-0.05, 0) is 62.4 Å². The van der Waals surface area contributed by atoms with Crippen molar-refractivity contribution in [2.45, 2.75) is 50.5 Å². The number of rotatable bonds is 6. The van der Waals surface area contributed by atoms with Gasteiger partial charge in [-0.25, -0.2) is 4.39 Å². The molecule has 2 atom stereocenters. The maximum Gasteiger partial charge on any atom is 0.124 e. The summed E-state index contributed by atoms with van der Waals surface area (Å²) in [6, 6.07) is 14.1. The topological polar surface area (TPSA) is 41.8 Å². The number of hydrogen-bond donors (Lipinski definition) is 1. The van der Waals surface area contributed by atoms with Gasteiger partial charge >= 0.3 is 0 Å². The number of halogens is 1. The molecule has 1 fully saturated rings. The molecule has 3 nitrogen and oxygen atoms in total. The number of aromatic hydroxyl groups is 1. The molecule has 2 aromatic rings. The minimum atomic E-state index is -0.211. The van der Waals surface area contributed by atoms with E-state index in [1.165, 1.54) is 0 Å². The first-order chi connectivity index (χ1) is 13.0. The maximum atomic E-state index is 13.5. The lowest BCUT2D eigenvalue weighted by Gasteiger charge is -2.46. The summed E-state index contributed by atoms with van der Waals surface area (Å²) in [4.78, 5) is 4.56. The fraction of sp³-hybridized carbons (Fsp3) is 0.435. The van der Waals surface area contributed by atoms with Crippen LogP contribution in [0.5, 0.6) is 5.75 Å². The lowest BCUT2D eigenvalue weighted by atomic mass is 9.66. The zero-order chi connectivity index (χ0) is 19.3. The van der Waals surface area contributed by atoms with Gasteiger partial charge in [-0.2, -0.15) is 0 Å². The highest BCUT2D eigenvalue weighted by atomic mass is 19.1. The molecule has 0 aromatic heterocycles. The third-order valence-corrected chi connectivity index (χ3v) is 5.83. The highest BCUT2D eigenvalue weighted by Crippen LogP contribution is 2.45. The molecule has 1 heterocycles. The lowest BCUT2D eigenvalue weighted by Crippen LogP contribution is -2.45. The van der Waals surface area contributed by atoms with Crippen LogP contribution in [0.15, 0.2) is 53.5 Å². The predicted octanol–water partition coefficient (Wildman–Crippen LogP) is 5.26. The van der Waals surface area contributed by atoms with Crippen LogP contribution in [-0.4, -0.2) is 30.1 Å². The Labute approximate surface area is 160 Å². The Morgan fingerprint density at radius 3 is 2.63 bits per heavy atom. The zero-order valence-electron chi connectivity index (χ0n) is 16.1. The Balaban J connectivity index is 1.80. The first-order valence-electron chi connectivity index (χ1n) is 9.64. The molecule has 1 N–H and O–H groups in total. The number of phenols is 1. The number of benzene rings is 2. The van der Waals surface area contributed by atoms with Gasteiger partial charge < -0.3 is 9.84 Å². The van der Waals surface area contributed by atoms with E-state index >= 15 is 0 Å². The van der Waals surface area contributed by atoms with Gasteiger partial charge in [0.15, 0.2) is 0 Å². The van der Waals surface area contributed by atoms with E-state index in [0.717, 1.165) is 36.8 Å². The van der Waals surface area contributed by atoms with Crippen LogP contribution in [0.3, 0.4) is 0 Å². The largest absolute Gasteiger partial charge is 0.507 e. The molecule has 0 unspecified atom stereocenters. The molecule has 0 saturated carbocycles. The molecule has 3 rings (SSSR count). The van der Waals surface area contributed by atoms with E-state index in [-0.39, 0.29) is 22.6 Å². The summed E-state index contributed by atoms with van der Waals surface area (Å²) in [6.07, 6.45) is 5.33. The highest BCUT2D eigenvalue weighted by Gasteiger charge is 2.43. The second kappa shape index (κ2) is 8.22. The van der Waals surface area contributed by atoms with Gasteiger partial charge in [0.25, 0.3) is 0 Å². The average Bonchev–Trinajstić information content (AvgIpc) is 2.67. The number of hydrogen-bond acceptors (Lipinski definition) is 3. The summed E-state index contributed by atoms with van der Waals surface area (Å²) in [5.41, 5.74) is 1.63. The third-order valence-electron chi connectivity index (χ3n) is 5.83. The minimum Gasteiger partial charge on any atom is -0.507 e. The minimum absolute atomic E-state index is 0.0766. The molecule has 0 radical (unpaired) electrons. The van der Waals surface area contributed by atoms with Crippen molar-refractivity contribution in [2.75, 3.05) is 13.2 Å². The van der Waals surface area contributed by atoms with E-state index < -0.39 is 0 Å². The second-order valence-electron chi connectivity index (χ2n) is 7.71. The average molecular weight is 369 g/mol. The quantitative estimate of drug-likeness (QED) is 0.706. The Morgan fingerprint density at radius 2 is 1.93 bits per heavy atom. The molecule has 0 amide bonds. The lowest BCUT2D eigenvalue weighted by molar-refractivity contribution is -0.0976. The van der Waals surface area contributed by atoms with Gasteiger partial charge in [-0.15, -0.1) is 0 Å². The SMILES string of the molecule is CC[C@]1(C)C[C@](CCN=Cc2ccccc2O)(c2ccc(F)cc2)CCO1. The van der Waals surface area contributed by atoms with Crippen LogP contribution in [0.2, 0.25) is 0 Å². The zero-order valence-corrected chi connectivity index (χ0v) is 16.1. The van der Waals surface area contributed by atoms with Crippen LogP contribution in [0.25, 0.3) is 0 Å². The molecule has 2 aromatic carbocycles. The molecule has 0 spiro atoms. The molecule has 0 bridgehead atoms. The van der Waals surface area contributed by atoms with Gasteiger partial charge in [0.2, 0.25) is 0 Å². The highest BCUT2D eigenvalue weighted by molar-refractivity contribution is 5.83. The Hall–Kier alpha value is -2.20. The standard InChI is InChI=1S/C23H28FNO2/c1-3-22(2)17-23(13-15-27-22,19-8-10-20(24)11-9-19)12-14-25-16-18-6-4-5-7-21(18)26/h4-11,16,26H,3,12-15,17H2,1-2H3/t22-,23-/m1/s1. The van der Waals surface area contributed by atoms with Crippen molar-refractivity contribution >= 4 is 6.21 Å². The second-order valence-corrected chi connectivity index (χ2v) is 7.71. The van der Waals surface area contributed by atoms with Crippen molar-refractivity contribution in [3.05, 3.63) is 65.5 Å². The molecular weight excluding hydrogens is 341 g/mol. The number of para-hydroxylation sites is 1. The Kier molecular flexibility index (Phi) is 5.95. The van der Waals surface area contributed by atoms with Gasteiger partial charge in [0.05, 0.1) is 5.60 Å². The first kappa shape index (κ1) is 19.6. The Bertz CT molecular complexity index is 789. The van der Waals surface area contributed by atoms with Gasteiger partial charge in [-0.3, -0.25) is 4.99 Å². The number of aliphatic imine (C=N–C) groups is 1. The van der Waals surface area contributed by atoms with E-state index in [1.807, 2.05) is 24.3 Å². The van der Waals surface area contributed by atoms with E-state index in [9.17, 15) is 9.50 Å². The third kappa shape index (κ3) is 4.56. The summed E-state index contributed by atoms with van der Waals surface area (Å²) >= 11 is 0. The van der Waals surface area contributed by atoms with Crippen molar-refractivity contribution in [2.24, 2.45) is 4.99 Å². The van der Waals surface area contributed by atoms with Crippen molar-refractivity contribution in [1.29, 1.82) is 0 Å². The van der Waals surface area contributed by atoms with Crippen LogP contribution < -0.4 is 0 Å². The van der Waals surface area contributed by atoms with Crippen LogP contribution in [0, 0.1) is 5.82 Å². The molecule has 4 heteroatoms. The van der Waals surface area contributed by atoms with Crippen molar-refractivity contribution in [3.63, 3.8) is 0 Å². The summed E-state index contributed by atoms with van der Waals surface area (Å²) in [5, 5.41) is 9.87. The smallest absolute Gasteiger partial charge is 0.124 e. The Morgan fingerprint density at radius 1 is 1.19 bits per heavy atom. The van der Waals surface area contributed by atoms with Crippen LogP contribution in [0.1, 0.15) is 50.7 Å². The fourth-order valence-electron chi connectivity index (χ4n) is 4.02. The van der Waals surface area contributed by atoms with Crippen molar-refractivity contribution in [3.8, 4) is 5.75 Å². The summed E-state index contributed by atoms with van der Waals surface area (Å²) in [6.45, 7) is 5.66. The van der Waals surface area contributed by atoms with Gasteiger partial charge in [0.1, 0.15) is 11.6 Å². The molecule has 1 aliphatic heterocycles. The van der Waals surface area contributed by atoms with E-state index in [2.05, 4.69) is 18.8 Å². The fourth-order valence-corrected chi connectivity index (χ4v) is 4.02. The van der Waals surface area contributed by atoms with Crippen LogP contribution in [-0.2, 0) is 10.2 Å². The molecule has 1 saturated heterocycles. The van der Waals surface area contributed by atoms with Crippen LogP contribution >= 0.6 is 0 Å². The number of nitrogens with zero attached hydrogens (tertiary/aromatic N) is 1. The van der Waals surface area contributed by atoms with E-state index in [4.69, 9.17) is 4.74 Å². The summed E-state index contributed by atoms with van der Waals surface area (Å²) in [7, 11) is 0. The first-order valence-corrected chi connectivity index (χ1v) is 9.64. The van der Waals surface area contributed by atoms with Crippen molar-refractivity contribution < 1.29 is 14.2 Å². The normalized spacial score (nSPS) is 25.7. The monoisotopic (exact) mass is 369 g/mol. The molecular formula is C23H28FNO2. The number of phenolic OH excluding ortho intramolecular Hbond substituents is 1. The summed E-state index contributed by atoms with van der Waals surface area (Å²) < 4.78 is 19.5. The molecule has 1 aliphatic rings. The molecule has 27 heavy (non-hydrogen) atoms. The number of ether oxygens (including phenoxy) is 1. The van der Waals surface area contributed by atoms with E-state index in [0.29, 0.717) is 13.2 Å². The molecule has 144 valence electrons.